The number of benzene rings is 1. The third-order valence-corrected chi connectivity index (χ3v) is 4.46. The largest absolute Gasteiger partial charge is 0.378 e. The number of ether oxygens (including phenoxy) is 1. The molecule has 1 aliphatic heterocycles. The first-order valence-corrected chi connectivity index (χ1v) is 8.44. The minimum absolute atomic E-state index is 0.241. The smallest absolute Gasteiger partial charge is 0.255 e. The van der Waals surface area contributed by atoms with Crippen LogP contribution in [-0.4, -0.2) is 36.4 Å². The normalized spacial score (nSPS) is 17.0. The van der Waals surface area contributed by atoms with Crippen molar-refractivity contribution in [2.45, 2.75) is 25.4 Å². The molecular weight excluding hydrogens is 313 g/mol. The summed E-state index contributed by atoms with van der Waals surface area (Å²) in [5.74, 6) is -0.241. The van der Waals surface area contributed by atoms with Crippen molar-refractivity contribution in [1.82, 2.24) is 9.97 Å². The molecule has 0 bridgehead atoms. The molecule has 0 spiro atoms. The van der Waals surface area contributed by atoms with Gasteiger partial charge in [-0.15, -0.1) is 0 Å². The molecule has 2 aromatic heterocycles. The van der Waals surface area contributed by atoms with Crippen molar-refractivity contribution < 1.29 is 9.53 Å². The summed E-state index contributed by atoms with van der Waals surface area (Å²) in [5, 5.41) is 3.82. The zero-order chi connectivity index (χ0) is 17.2. The standard InChI is InChI=1S/C19H18BN3O2/c20-17-6-2-1-5-16(17)19(24)23-14-9-12-8-13(22-18(12)21-11-14)10-15-4-3-7-25-15/h1-2,5-6,8-9,11,15H,3-4,7,10H2,(H,21,22)(H,23,24)/t15-/m1/s1. The molecule has 0 saturated carbocycles. The van der Waals surface area contributed by atoms with Gasteiger partial charge in [0.05, 0.1) is 18.0 Å². The fourth-order valence-corrected chi connectivity index (χ4v) is 3.20. The van der Waals surface area contributed by atoms with Gasteiger partial charge in [-0.25, -0.2) is 4.98 Å². The van der Waals surface area contributed by atoms with Gasteiger partial charge in [-0.05, 0) is 25.0 Å². The van der Waals surface area contributed by atoms with E-state index in [2.05, 4.69) is 21.4 Å². The summed E-state index contributed by atoms with van der Waals surface area (Å²) in [6.07, 6.45) is 5.02. The fourth-order valence-electron chi connectivity index (χ4n) is 3.20. The van der Waals surface area contributed by atoms with E-state index in [1.54, 1.807) is 30.5 Å². The molecule has 2 N–H and O–H groups in total. The average Bonchev–Trinajstić information content (AvgIpc) is 3.24. The Kier molecular flexibility index (Phi) is 4.28. The molecule has 124 valence electrons. The maximum atomic E-state index is 12.4. The number of amides is 1. The lowest BCUT2D eigenvalue weighted by Gasteiger charge is -2.07. The van der Waals surface area contributed by atoms with E-state index in [0.29, 0.717) is 16.7 Å². The second-order valence-electron chi connectivity index (χ2n) is 6.34. The van der Waals surface area contributed by atoms with E-state index in [1.165, 1.54) is 0 Å². The van der Waals surface area contributed by atoms with Gasteiger partial charge < -0.3 is 15.0 Å². The van der Waals surface area contributed by atoms with E-state index in [1.807, 2.05) is 6.07 Å². The number of carbonyl (C=O) groups excluding carboxylic acids is 1. The highest BCUT2D eigenvalue weighted by atomic mass is 16.5. The molecule has 3 aromatic rings. The van der Waals surface area contributed by atoms with Gasteiger partial charge in [0.1, 0.15) is 13.5 Å². The average molecular weight is 331 g/mol. The van der Waals surface area contributed by atoms with E-state index in [9.17, 15) is 4.79 Å². The van der Waals surface area contributed by atoms with Gasteiger partial charge in [0.25, 0.3) is 5.91 Å². The van der Waals surface area contributed by atoms with Crippen molar-refractivity contribution in [2.24, 2.45) is 0 Å². The lowest BCUT2D eigenvalue weighted by atomic mass is 9.90. The summed E-state index contributed by atoms with van der Waals surface area (Å²) in [6.45, 7) is 0.849. The number of rotatable bonds is 4. The van der Waals surface area contributed by atoms with Crippen LogP contribution in [0.5, 0.6) is 0 Å². The maximum Gasteiger partial charge on any atom is 0.255 e. The summed E-state index contributed by atoms with van der Waals surface area (Å²) >= 11 is 0. The Morgan fingerprint density at radius 1 is 1.36 bits per heavy atom. The lowest BCUT2D eigenvalue weighted by molar-refractivity contribution is 0.102. The number of nitrogens with zero attached hydrogens (tertiary/aromatic N) is 1. The van der Waals surface area contributed by atoms with Gasteiger partial charge >= 0.3 is 0 Å². The van der Waals surface area contributed by atoms with Crippen molar-refractivity contribution in [1.29, 1.82) is 0 Å². The van der Waals surface area contributed by atoms with Crippen LogP contribution in [0, 0.1) is 0 Å². The monoisotopic (exact) mass is 331 g/mol. The fraction of sp³-hybridized carbons (Fsp3) is 0.263. The number of nitrogens with one attached hydrogen (secondary N) is 2. The third kappa shape index (κ3) is 3.44. The number of carbonyl (C=O) groups is 1. The first-order chi connectivity index (χ1) is 12.2. The highest BCUT2D eigenvalue weighted by molar-refractivity contribution is 6.37. The second kappa shape index (κ2) is 6.72. The van der Waals surface area contributed by atoms with Gasteiger partial charge in [-0.1, -0.05) is 29.7 Å². The summed E-state index contributed by atoms with van der Waals surface area (Å²) in [7, 11) is 5.85. The van der Waals surface area contributed by atoms with Gasteiger partial charge in [0, 0.05) is 29.7 Å². The number of fused-ring (bicyclic) bond motifs is 1. The van der Waals surface area contributed by atoms with Crippen LogP contribution in [0.25, 0.3) is 11.0 Å². The molecule has 1 fully saturated rings. The topological polar surface area (TPSA) is 67.0 Å². The molecule has 2 radical (unpaired) electrons. The van der Waals surface area contributed by atoms with Crippen molar-refractivity contribution in [3.05, 3.63) is 53.9 Å². The van der Waals surface area contributed by atoms with Crippen molar-refractivity contribution >= 4 is 35.9 Å². The predicted molar refractivity (Wildman–Crippen MR) is 98.6 cm³/mol. The molecule has 25 heavy (non-hydrogen) atoms. The Hall–Kier alpha value is -2.60. The number of hydrogen-bond acceptors (Lipinski definition) is 3. The van der Waals surface area contributed by atoms with Crippen molar-refractivity contribution in [3.63, 3.8) is 0 Å². The van der Waals surface area contributed by atoms with Gasteiger partial charge in [0.15, 0.2) is 0 Å². The minimum atomic E-state index is -0.241. The summed E-state index contributed by atoms with van der Waals surface area (Å²) in [6, 6.07) is 11.0. The first-order valence-electron chi connectivity index (χ1n) is 8.44. The number of aromatic amines is 1. The first kappa shape index (κ1) is 15.9. The van der Waals surface area contributed by atoms with Crippen molar-refractivity contribution in [3.8, 4) is 0 Å². The predicted octanol–water partition coefficient (Wildman–Crippen LogP) is 2.33. The zero-order valence-electron chi connectivity index (χ0n) is 13.8. The lowest BCUT2D eigenvalue weighted by Crippen LogP contribution is -2.21. The van der Waals surface area contributed by atoms with Crippen LogP contribution in [0.2, 0.25) is 0 Å². The molecule has 0 unspecified atom stereocenters. The van der Waals surface area contributed by atoms with Crippen LogP contribution < -0.4 is 10.8 Å². The zero-order valence-corrected chi connectivity index (χ0v) is 13.8. The molecule has 1 saturated heterocycles. The molecule has 0 aliphatic carbocycles. The van der Waals surface area contributed by atoms with Crippen LogP contribution >= 0.6 is 0 Å². The molecule has 1 atom stereocenters. The SMILES string of the molecule is [B]c1ccccc1C(=O)Nc1cnc2[nH]c(C[C@H]3CCCO3)cc2c1. The Labute approximate surface area is 147 Å². The van der Waals surface area contributed by atoms with E-state index in [-0.39, 0.29) is 12.0 Å². The van der Waals surface area contributed by atoms with Crippen LogP contribution in [0.1, 0.15) is 28.9 Å². The molecule has 5 nitrogen and oxygen atoms in total. The number of aromatic nitrogens is 2. The Morgan fingerprint density at radius 2 is 2.24 bits per heavy atom. The van der Waals surface area contributed by atoms with E-state index in [4.69, 9.17) is 12.6 Å². The van der Waals surface area contributed by atoms with Crippen molar-refractivity contribution in [2.75, 3.05) is 11.9 Å². The molecule has 1 aromatic carbocycles. The van der Waals surface area contributed by atoms with Crippen LogP contribution in [0.15, 0.2) is 42.6 Å². The highest BCUT2D eigenvalue weighted by Crippen LogP contribution is 2.22. The van der Waals surface area contributed by atoms with Crippen LogP contribution in [0.4, 0.5) is 5.69 Å². The third-order valence-electron chi connectivity index (χ3n) is 4.46. The van der Waals surface area contributed by atoms with Crippen LogP contribution in [-0.2, 0) is 11.2 Å². The van der Waals surface area contributed by atoms with Gasteiger partial charge in [-0.2, -0.15) is 0 Å². The maximum absolute atomic E-state index is 12.4. The number of H-pyrrole nitrogens is 1. The summed E-state index contributed by atoms with van der Waals surface area (Å²) in [4.78, 5) is 20.1. The van der Waals surface area contributed by atoms with Gasteiger partial charge in [0.2, 0.25) is 0 Å². The molecule has 4 rings (SSSR count). The second-order valence-corrected chi connectivity index (χ2v) is 6.34. The van der Waals surface area contributed by atoms with E-state index < -0.39 is 0 Å². The molecular formula is C19H18BN3O2. The molecule has 1 amide bonds. The van der Waals surface area contributed by atoms with Crippen LogP contribution in [0.3, 0.4) is 0 Å². The Balaban J connectivity index is 1.52. The number of pyridine rings is 1. The molecule has 6 heteroatoms. The molecule has 3 heterocycles. The van der Waals surface area contributed by atoms with E-state index >= 15 is 0 Å². The minimum Gasteiger partial charge on any atom is -0.378 e. The summed E-state index contributed by atoms with van der Waals surface area (Å²) in [5.41, 5.74) is 3.46. The highest BCUT2D eigenvalue weighted by Gasteiger charge is 2.17. The number of anilines is 1. The van der Waals surface area contributed by atoms with E-state index in [0.717, 1.165) is 42.6 Å². The Bertz CT molecular complexity index is 916. The Morgan fingerprint density at radius 3 is 3.04 bits per heavy atom. The number of hydrogen-bond donors (Lipinski definition) is 2. The quantitative estimate of drug-likeness (QED) is 0.721. The van der Waals surface area contributed by atoms with Gasteiger partial charge in [-0.3, -0.25) is 4.79 Å². The molecule has 1 aliphatic rings. The summed E-state index contributed by atoms with van der Waals surface area (Å²) < 4.78 is 5.68.